The maximum absolute atomic E-state index is 14.9. The van der Waals surface area contributed by atoms with Crippen LogP contribution in [0.5, 0.6) is 0 Å². The number of carbonyl (C=O) groups excluding carboxylic acids is 1. The lowest BCUT2D eigenvalue weighted by molar-refractivity contribution is -0.115. The average Bonchev–Trinajstić information content (AvgIpc) is 3.42. The second kappa shape index (κ2) is 13.8. The number of hydrogen-bond donors (Lipinski definition) is 1. The summed E-state index contributed by atoms with van der Waals surface area (Å²) in [5, 5.41) is 8.17. The second-order valence-electron chi connectivity index (χ2n) is 11.7. The third-order valence-corrected chi connectivity index (χ3v) is 10.4. The van der Waals surface area contributed by atoms with E-state index < -0.39 is 10.0 Å². The van der Waals surface area contributed by atoms with E-state index in [2.05, 4.69) is 22.6 Å². The molecule has 1 N–H and O–H groups in total. The third-order valence-electron chi connectivity index (χ3n) is 8.28. The first-order chi connectivity index (χ1) is 21.2. The summed E-state index contributed by atoms with van der Waals surface area (Å²) in [6.45, 7) is 7.86. The summed E-state index contributed by atoms with van der Waals surface area (Å²) in [5.41, 5.74) is 5.21. The first-order valence-corrected chi connectivity index (χ1v) is 16.9. The zero-order valence-electron chi connectivity index (χ0n) is 26.0. The highest BCUT2D eigenvalue weighted by molar-refractivity contribution is 7.91. The smallest absolute Gasteiger partial charge is 0.229 e. The van der Waals surface area contributed by atoms with Gasteiger partial charge in [-0.1, -0.05) is 103 Å². The molecule has 1 heterocycles. The van der Waals surface area contributed by atoms with Crippen LogP contribution in [0, 0.1) is 0 Å². The van der Waals surface area contributed by atoms with Crippen LogP contribution in [0.1, 0.15) is 44.2 Å². The van der Waals surface area contributed by atoms with Crippen LogP contribution >= 0.6 is 0 Å². The SMILES string of the molecule is CCn1cc2c(S(=O)(=O)N(B(C)Cc3ccccc3)B(C)Cc3ccccc3)cc(NC(=O)CC3=CCCC=C3C)cc2n1. The molecule has 10 heteroatoms. The van der Waals surface area contributed by atoms with Gasteiger partial charge >= 0.3 is 0 Å². The van der Waals surface area contributed by atoms with Crippen molar-refractivity contribution in [1.82, 2.24) is 13.9 Å². The number of nitrogens with zero attached hydrogens (tertiary/aromatic N) is 3. The molecule has 4 aromatic rings. The minimum atomic E-state index is -4.05. The molecule has 3 aromatic carbocycles. The van der Waals surface area contributed by atoms with Gasteiger partial charge in [0.2, 0.25) is 29.6 Å². The number of hydrogen-bond acceptors (Lipinski definition) is 4. The number of nitrogens with one attached hydrogen (secondary N) is 1. The van der Waals surface area contributed by atoms with E-state index in [9.17, 15) is 13.2 Å². The number of aromatic nitrogens is 2. The van der Waals surface area contributed by atoms with Gasteiger partial charge in [0, 0.05) is 23.8 Å². The van der Waals surface area contributed by atoms with Crippen molar-refractivity contribution >= 4 is 46.2 Å². The quantitative estimate of drug-likeness (QED) is 0.179. The van der Waals surface area contributed by atoms with Gasteiger partial charge in [0.1, 0.15) is 0 Å². The van der Waals surface area contributed by atoms with E-state index >= 15 is 0 Å². The molecule has 1 aromatic heterocycles. The molecule has 0 unspecified atom stereocenters. The Labute approximate surface area is 262 Å². The summed E-state index contributed by atoms with van der Waals surface area (Å²) >= 11 is 0. The van der Waals surface area contributed by atoms with Crippen LogP contribution in [-0.4, -0.2) is 41.9 Å². The van der Waals surface area contributed by atoms with Crippen molar-refractivity contribution in [3.05, 3.63) is 113 Å². The van der Waals surface area contributed by atoms with Gasteiger partial charge < -0.3 is 5.32 Å². The molecule has 0 aliphatic heterocycles. The number of carbonyl (C=O) groups is 1. The van der Waals surface area contributed by atoms with Crippen LogP contribution in [0.4, 0.5) is 5.69 Å². The molecular weight excluding hydrogens is 566 g/mol. The average molecular weight is 606 g/mol. The number of amides is 1. The van der Waals surface area contributed by atoms with Gasteiger partial charge in [-0.2, -0.15) is 5.10 Å². The van der Waals surface area contributed by atoms with Gasteiger partial charge in [0.25, 0.3) is 0 Å². The lowest BCUT2D eigenvalue weighted by Gasteiger charge is -2.31. The standard InChI is InChI=1S/C34H40B2N4O3S/c1-5-39-25-31-32(38-39)21-30(37-34(41)20-29-19-13-12-14-26(29)2)22-33(31)44(42,43)40(35(3)23-27-15-8-6-9-16-27)36(4)24-28-17-10-7-11-18-28/h6-11,14-19,21-22,25H,5,12-13,20,23-24H2,1-4H3,(H,37,41). The van der Waals surface area contributed by atoms with E-state index in [0.717, 1.165) is 35.1 Å². The molecule has 44 heavy (non-hydrogen) atoms. The summed E-state index contributed by atoms with van der Waals surface area (Å²) in [7, 11) is -4.05. The fourth-order valence-electron chi connectivity index (χ4n) is 6.14. The summed E-state index contributed by atoms with van der Waals surface area (Å²) < 4.78 is 33.1. The van der Waals surface area contributed by atoms with Crippen LogP contribution in [0.25, 0.3) is 10.9 Å². The Bertz CT molecular complexity index is 1740. The Balaban J connectivity index is 1.54. The highest BCUT2D eigenvalue weighted by Crippen LogP contribution is 2.32. The minimum absolute atomic E-state index is 0.151. The number of rotatable bonds is 12. The van der Waals surface area contributed by atoms with E-state index in [1.54, 1.807) is 27.1 Å². The fraction of sp³-hybridized carbons (Fsp3) is 0.294. The van der Waals surface area contributed by atoms with Crippen LogP contribution in [0.2, 0.25) is 13.6 Å². The van der Waals surface area contributed by atoms with Crippen molar-refractivity contribution < 1.29 is 13.2 Å². The summed E-state index contributed by atoms with van der Waals surface area (Å²) in [5.74, 6) is -0.185. The summed E-state index contributed by atoms with van der Waals surface area (Å²) in [6.07, 6.45) is 9.31. The van der Waals surface area contributed by atoms with Crippen LogP contribution < -0.4 is 5.32 Å². The maximum Gasteiger partial charge on any atom is 0.229 e. The number of aryl methyl sites for hydroxylation is 1. The maximum atomic E-state index is 14.9. The number of allylic oxidation sites excluding steroid dienone is 3. The molecule has 0 spiro atoms. The molecule has 0 atom stereocenters. The minimum Gasteiger partial charge on any atom is -0.326 e. The molecule has 7 nitrogen and oxygen atoms in total. The van der Waals surface area contributed by atoms with Crippen LogP contribution in [-0.2, 0) is 34.0 Å². The zero-order valence-corrected chi connectivity index (χ0v) is 26.8. The Morgan fingerprint density at radius 3 is 2.09 bits per heavy atom. The molecule has 5 rings (SSSR count). The van der Waals surface area contributed by atoms with Crippen molar-refractivity contribution in [2.75, 3.05) is 5.32 Å². The predicted octanol–water partition coefficient (Wildman–Crippen LogP) is 6.85. The highest BCUT2D eigenvalue weighted by Gasteiger charge is 2.38. The van der Waals surface area contributed by atoms with Crippen molar-refractivity contribution in [3.8, 4) is 0 Å². The lowest BCUT2D eigenvalue weighted by atomic mass is 9.48. The Kier molecular flexibility index (Phi) is 9.91. The second-order valence-corrected chi connectivity index (χ2v) is 13.5. The Morgan fingerprint density at radius 1 is 0.932 bits per heavy atom. The Hall–Kier alpha value is -3.88. The predicted molar refractivity (Wildman–Crippen MR) is 182 cm³/mol. The van der Waals surface area contributed by atoms with E-state index in [-0.39, 0.29) is 30.9 Å². The first kappa shape index (κ1) is 31.5. The van der Waals surface area contributed by atoms with E-state index in [4.69, 9.17) is 0 Å². The lowest BCUT2D eigenvalue weighted by Crippen LogP contribution is -2.52. The molecule has 1 amide bonds. The van der Waals surface area contributed by atoms with Gasteiger partial charge in [-0.25, -0.2) is 8.42 Å². The van der Waals surface area contributed by atoms with Crippen molar-refractivity contribution in [1.29, 1.82) is 0 Å². The van der Waals surface area contributed by atoms with Crippen LogP contribution in [0.15, 0.2) is 107 Å². The molecule has 1 aliphatic rings. The molecule has 1 aliphatic carbocycles. The van der Waals surface area contributed by atoms with Gasteiger partial charge in [-0.05, 0) is 57.0 Å². The largest absolute Gasteiger partial charge is 0.326 e. The monoisotopic (exact) mass is 606 g/mol. The van der Waals surface area contributed by atoms with Gasteiger partial charge in [-0.15, -0.1) is 0 Å². The number of sulfonamides is 1. The van der Waals surface area contributed by atoms with Crippen molar-refractivity contribution in [2.24, 2.45) is 0 Å². The Morgan fingerprint density at radius 2 is 1.52 bits per heavy atom. The number of benzene rings is 3. The van der Waals surface area contributed by atoms with Crippen molar-refractivity contribution in [2.45, 2.75) is 70.8 Å². The topological polar surface area (TPSA) is 84.3 Å². The number of anilines is 1. The van der Waals surface area contributed by atoms with E-state index in [1.807, 2.05) is 88.2 Å². The molecule has 0 fully saturated rings. The molecule has 0 bridgehead atoms. The molecule has 0 saturated heterocycles. The number of fused-ring (bicyclic) bond motifs is 1. The van der Waals surface area contributed by atoms with Gasteiger partial charge in [0.05, 0.1) is 16.8 Å². The zero-order chi connectivity index (χ0) is 31.3. The normalized spacial score (nSPS) is 13.5. The first-order valence-electron chi connectivity index (χ1n) is 15.4. The van der Waals surface area contributed by atoms with Gasteiger partial charge in [0.15, 0.2) is 0 Å². The molecule has 0 radical (unpaired) electrons. The molecular formula is C34H40B2N4O3S. The molecule has 226 valence electrons. The highest BCUT2D eigenvalue weighted by atomic mass is 32.2. The van der Waals surface area contributed by atoms with E-state index in [1.165, 1.54) is 0 Å². The van der Waals surface area contributed by atoms with Crippen LogP contribution in [0.3, 0.4) is 0 Å². The van der Waals surface area contributed by atoms with Crippen molar-refractivity contribution in [3.63, 3.8) is 0 Å². The van der Waals surface area contributed by atoms with Gasteiger partial charge in [-0.3, -0.25) is 13.6 Å². The fourth-order valence-corrected chi connectivity index (χ4v) is 8.17. The third kappa shape index (κ3) is 7.25. The summed E-state index contributed by atoms with van der Waals surface area (Å²) in [6, 6.07) is 23.3. The molecule has 0 saturated carbocycles. The summed E-state index contributed by atoms with van der Waals surface area (Å²) in [4.78, 5) is 13.3. The van der Waals surface area contributed by atoms with E-state index in [0.29, 0.717) is 35.8 Å².